The van der Waals surface area contributed by atoms with E-state index in [-0.39, 0.29) is 16.8 Å². The van der Waals surface area contributed by atoms with Crippen LogP contribution in [0.2, 0.25) is 0 Å². The summed E-state index contributed by atoms with van der Waals surface area (Å²) >= 11 is 1.44. The number of carbonyl (C=O) groups is 1. The summed E-state index contributed by atoms with van der Waals surface area (Å²) in [7, 11) is -3.55. The Hall–Kier alpha value is -1.05. The third-order valence-corrected chi connectivity index (χ3v) is 4.63. The normalized spacial score (nSPS) is 11.6. The monoisotopic (exact) mass is 302 g/mol. The van der Waals surface area contributed by atoms with E-state index < -0.39 is 10.0 Å². The standard InChI is InChI=1S/C12H18N2O3S2/c1-8(2)14-19(16,17)10-5-6-12(18-4)11(7-10)13-9(3)15/h5-8,14H,1-4H3,(H,13,15). The van der Waals surface area contributed by atoms with Crippen molar-refractivity contribution in [1.29, 1.82) is 0 Å². The molecule has 0 unspecified atom stereocenters. The Morgan fingerprint density at radius 2 is 1.95 bits per heavy atom. The van der Waals surface area contributed by atoms with Crippen LogP contribution in [0.15, 0.2) is 28.0 Å². The fourth-order valence-corrected chi connectivity index (χ4v) is 3.33. The van der Waals surface area contributed by atoms with E-state index in [1.54, 1.807) is 19.9 Å². The van der Waals surface area contributed by atoms with Crippen molar-refractivity contribution in [2.75, 3.05) is 11.6 Å². The van der Waals surface area contributed by atoms with E-state index in [4.69, 9.17) is 0 Å². The van der Waals surface area contributed by atoms with E-state index in [2.05, 4.69) is 10.0 Å². The van der Waals surface area contributed by atoms with E-state index >= 15 is 0 Å². The summed E-state index contributed by atoms with van der Waals surface area (Å²) in [5.41, 5.74) is 0.506. The number of hydrogen-bond acceptors (Lipinski definition) is 4. The second-order valence-corrected chi connectivity index (χ2v) is 6.88. The van der Waals surface area contributed by atoms with Crippen LogP contribution >= 0.6 is 11.8 Å². The number of benzene rings is 1. The minimum Gasteiger partial charge on any atom is -0.325 e. The topological polar surface area (TPSA) is 75.3 Å². The largest absolute Gasteiger partial charge is 0.325 e. The van der Waals surface area contributed by atoms with Gasteiger partial charge in [-0.1, -0.05) is 0 Å². The quantitative estimate of drug-likeness (QED) is 0.816. The number of amides is 1. The Morgan fingerprint density at radius 3 is 2.42 bits per heavy atom. The third-order valence-electron chi connectivity index (χ3n) is 2.18. The molecule has 0 saturated carbocycles. The minimum absolute atomic E-state index is 0.141. The molecule has 1 aromatic rings. The maximum Gasteiger partial charge on any atom is 0.240 e. The molecule has 0 saturated heterocycles. The van der Waals surface area contributed by atoms with Crippen LogP contribution in [0, 0.1) is 0 Å². The number of rotatable bonds is 5. The molecular formula is C12H18N2O3S2. The predicted molar refractivity (Wildman–Crippen MR) is 78.0 cm³/mol. The van der Waals surface area contributed by atoms with Gasteiger partial charge in [-0.05, 0) is 38.3 Å². The van der Waals surface area contributed by atoms with Gasteiger partial charge in [0.05, 0.1) is 10.6 Å². The smallest absolute Gasteiger partial charge is 0.240 e. The summed E-state index contributed by atoms with van der Waals surface area (Å²) in [6.07, 6.45) is 1.86. The molecule has 0 aliphatic rings. The van der Waals surface area contributed by atoms with Crippen LogP contribution < -0.4 is 10.0 Å². The average Bonchev–Trinajstić information content (AvgIpc) is 2.26. The summed E-state index contributed by atoms with van der Waals surface area (Å²) in [4.78, 5) is 12.1. The first-order valence-electron chi connectivity index (χ1n) is 5.74. The molecule has 0 atom stereocenters. The van der Waals surface area contributed by atoms with Crippen LogP contribution in [0.3, 0.4) is 0 Å². The number of nitrogens with one attached hydrogen (secondary N) is 2. The molecule has 0 radical (unpaired) electrons. The summed E-state index contributed by atoms with van der Waals surface area (Å²) in [5.74, 6) is -0.235. The van der Waals surface area contributed by atoms with Crippen molar-refractivity contribution in [3.8, 4) is 0 Å². The highest BCUT2D eigenvalue weighted by atomic mass is 32.2. The lowest BCUT2D eigenvalue weighted by Gasteiger charge is -2.13. The van der Waals surface area contributed by atoms with Gasteiger partial charge in [0, 0.05) is 17.9 Å². The highest BCUT2D eigenvalue weighted by Crippen LogP contribution is 2.28. The molecule has 0 aliphatic carbocycles. The number of hydrogen-bond donors (Lipinski definition) is 2. The molecular weight excluding hydrogens is 284 g/mol. The van der Waals surface area contributed by atoms with Crippen LogP contribution in [0.25, 0.3) is 0 Å². The van der Waals surface area contributed by atoms with E-state index in [1.165, 1.54) is 30.8 Å². The van der Waals surface area contributed by atoms with Gasteiger partial charge in [0.1, 0.15) is 0 Å². The van der Waals surface area contributed by atoms with Gasteiger partial charge >= 0.3 is 0 Å². The third kappa shape index (κ3) is 4.52. The predicted octanol–water partition coefficient (Wildman–Crippen LogP) is 2.05. The second-order valence-electron chi connectivity index (χ2n) is 4.32. The Bertz CT molecular complexity index is 568. The summed E-state index contributed by atoms with van der Waals surface area (Å²) in [5, 5.41) is 2.64. The van der Waals surface area contributed by atoms with Crippen molar-refractivity contribution in [1.82, 2.24) is 4.72 Å². The van der Waals surface area contributed by atoms with Gasteiger partial charge in [-0.3, -0.25) is 4.79 Å². The molecule has 0 spiro atoms. The Kier molecular flexibility index (Phi) is 5.39. The van der Waals surface area contributed by atoms with E-state index in [9.17, 15) is 13.2 Å². The molecule has 0 bridgehead atoms. The first kappa shape index (κ1) is 16.0. The van der Waals surface area contributed by atoms with Crippen LogP contribution in [-0.2, 0) is 14.8 Å². The lowest BCUT2D eigenvalue weighted by atomic mass is 10.3. The molecule has 0 fully saturated rings. The highest BCUT2D eigenvalue weighted by Gasteiger charge is 2.17. The van der Waals surface area contributed by atoms with Crippen molar-refractivity contribution >= 4 is 33.4 Å². The van der Waals surface area contributed by atoms with Gasteiger partial charge in [0.2, 0.25) is 15.9 Å². The van der Waals surface area contributed by atoms with Crippen molar-refractivity contribution < 1.29 is 13.2 Å². The van der Waals surface area contributed by atoms with E-state index in [0.29, 0.717) is 5.69 Å². The van der Waals surface area contributed by atoms with Crippen LogP contribution in [-0.4, -0.2) is 26.6 Å². The molecule has 106 valence electrons. The zero-order valence-electron chi connectivity index (χ0n) is 11.4. The molecule has 1 aromatic carbocycles. The first-order valence-corrected chi connectivity index (χ1v) is 8.45. The van der Waals surface area contributed by atoms with Gasteiger partial charge in [-0.2, -0.15) is 0 Å². The number of thioether (sulfide) groups is 1. The first-order chi connectivity index (χ1) is 8.76. The van der Waals surface area contributed by atoms with Gasteiger partial charge < -0.3 is 5.32 Å². The molecule has 0 aliphatic heterocycles. The number of sulfonamides is 1. The molecule has 19 heavy (non-hydrogen) atoms. The Labute approximate surface area is 118 Å². The molecule has 7 heteroatoms. The van der Waals surface area contributed by atoms with E-state index in [0.717, 1.165) is 4.90 Å². The van der Waals surface area contributed by atoms with Crippen molar-refractivity contribution in [3.63, 3.8) is 0 Å². The Morgan fingerprint density at radius 1 is 1.32 bits per heavy atom. The summed E-state index contributed by atoms with van der Waals surface area (Å²) < 4.78 is 26.6. The van der Waals surface area contributed by atoms with E-state index in [1.807, 2.05) is 6.26 Å². The maximum atomic E-state index is 12.0. The summed E-state index contributed by atoms with van der Waals surface area (Å²) in [6, 6.07) is 4.50. The fourth-order valence-electron chi connectivity index (χ4n) is 1.52. The Balaban J connectivity index is 3.21. The van der Waals surface area contributed by atoms with Crippen molar-refractivity contribution in [2.45, 2.75) is 36.6 Å². The summed E-state index contributed by atoms with van der Waals surface area (Å²) in [6.45, 7) is 4.89. The van der Waals surface area contributed by atoms with Gasteiger partial charge in [0.25, 0.3) is 0 Å². The zero-order chi connectivity index (χ0) is 14.6. The lowest BCUT2D eigenvalue weighted by Crippen LogP contribution is -2.30. The number of carbonyl (C=O) groups excluding carboxylic acids is 1. The molecule has 2 N–H and O–H groups in total. The van der Waals surface area contributed by atoms with Crippen LogP contribution in [0.4, 0.5) is 5.69 Å². The lowest BCUT2D eigenvalue weighted by molar-refractivity contribution is -0.114. The molecule has 1 amide bonds. The maximum absolute atomic E-state index is 12.0. The van der Waals surface area contributed by atoms with Crippen molar-refractivity contribution in [3.05, 3.63) is 18.2 Å². The molecule has 0 heterocycles. The molecule has 1 rings (SSSR count). The van der Waals surface area contributed by atoms with Crippen LogP contribution in [0.1, 0.15) is 20.8 Å². The minimum atomic E-state index is -3.55. The zero-order valence-corrected chi connectivity index (χ0v) is 13.0. The molecule has 0 aromatic heterocycles. The molecule has 5 nitrogen and oxygen atoms in total. The fraction of sp³-hybridized carbons (Fsp3) is 0.417. The van der Waals surface area contributed by atoms with Crippen molar-refractivity contribution in [2.24, 2.45) is 0 Å². The highest BCUT2D eigenvalue weighted by molar-refractivity contribution is 7.98. The van der Waals surface area contributed by atoms with Gasteiger partial charge in [-0.25, -0.2) is 13.1 Å². The average molecular weight is 302 g/mol. The van der Waals surface area contributed by atoms with Gasteiger partial charge in [-0.15, -0.1) is 11.8 Å². The van der Waals surface area contributed by atoms with Gasteiger partial charge in [0.15, 0.2) is 0 Å². The van der Waals surface area contributed by atoms with Crippen LogP contribution in [0.5, 0.6) is 0 Å². The second kappa shape index (κ2) is 6.40. The SMILES string of the molecule is CSc1ccc(S(=O)(=O)NC(C)C)cc1NC(C)=O. The number of anilines is 1.